The molecule has 6 heteroatoms. The van der Waals surface area contributed by atoms with Crippen LogP contribution in [0, 0.1) is 0 Å². The first-order valence-electron chi connectivity index (χ1n) is 6.58. The number of rotatable bonds is 1. The van der Waals surface area contributed by atoms with Crippen LogP contribution in [0.3, 0.4) is 0 Å². The summed E-state index contributed by atoms with van der Waals surface area (Å²) in [6.45, 7) is 0. The Morgan fingerprint density at radius 3 is 2.58 bits per heavy atom. The molecular weight excluding hydrogens is 262 g/mol. The number of sulfonamides is 1. The summed E-state index contributed by atoms with van der Waals surface area (Å²) < 4.78 is 27.7. The lowest BCUT2D eigenvalue weighted by atomic mass is 9.94. The van der Waals surface area contributed by atoms with Crippen molar-refractivity contribution in [2.75, 3.05) is 4.90 Å². The van der Waals surface area contributed by atoms with Crippen molar-refractivity contribution in [3.63, 3.8) is 0 Å². The zero-order valence-corrected chi connectivity index (χ0v) is 11.4. The molecule has 0 aromatic heterocycles. The van der Waals surface area contributed by atoms with Crippen LogP contribution in [0.2, 0.25) is 0 Å². The van der Waals surface area contributed by atoms with E-state index in [0.29, 0.717) is 5.69 Å². The van der Waals surface area contributed by atoms with Gasteiger partial charge in [-0.05, 0) is 25.0 Å². The molecule has 102 valence electrons. The molecule has 0 spiro atoms. The number of para-hydroxylation sites is 1. The first-order valence-corrected chi connectivity index (χ1v) is 8.02. The molecule has 19 heavy (non-hydrogen) atoms. The number of anilines is 1. The Morgan fingerprint density at radius 1 is 1.16 bits per heavy atom. The Kier molecular flexibility index (Phi) is 2.97. The van der Waals surface area contributed by atoms with E-state index in [1.165, 1.54) is 6.42 Å². The number of nitrogens with zero attached hydrogens (tertiary/aromatic N) is 2. The zero-order chi connectivity index (χ0) is 13.5. The quantitative estimate of drug-likeness (QED) is 0.851. The minimum absolute atomic E-state index is 0.102. The summed E-state index contributed by atoms with van der Waals surface area (Å²) in [6.07, 6.45) is 5.61. The Balaban J connectivity index is 2.10. The van der Waals surface area contributed by atoms with Crippen molar-refractivity contribution in [1.29, 1.82) is 0 Å². The van der Waals surface area contributed by atoms with Crippen LogP contribution >= 0.6 is 0 Å². The third-order valence-electron chi connectivity index (χ3n) is 3.80. The lowest BCUT2D eigenvalue weighted by Crippen LogP contribution is -2.48. The van der Waals surface area contributed by atoms with Gasteiger partial charge >= 0.3 is 0 Å². The Bertz CT molecular complexity index is 619. The summed E-state index contributed by atoms with van der Waals surface area (Å²) in [6, 6.07) is 7.21. The maximum atomic E-state index is 12.0. The average Bonchev–Trinajstić information content (AvgIpc) is 2.39. The standard InChI is InChI=1S/C13H17N3O2S/c14-13-15-19(17,18)12-9-5-4-8-11(12)16(13)10-6-2-1-3-7-10/h4-5,8-10H,1-3,6-7H2,(H2,14,15). The Labute approximate surface area is 113 Å². The van der Waals surface area contributed by atoms with E-state index in [9.17, 15) is 8.42 Å². The number of nitrogens with two attached hydrogens (primary N) is 1. The molecular formula is C13H17N3O2S. The van der Waals surface area contributed by atoms with Crippen molar-refractivity contribution < 1.29 is 8.42 Å². The number of hydrogen-bond donors (Lipinski definition) is 1. The topological polar surface area (TPSA) is 75.8 Å². The second kappa shape index (κ2) is 4.52. The first-order chi connectivity index (χ1) is 9.09. The van der Waals surface area contributed by atoms with Crippen molar-refractivity contribution in [3.8, 4) is 0 Å². The molecule has 0 atom stereocenters. The molecule has 0 bridgehead atoms. The van der Waals surface area contributed by atoms with E-state index < -0.39 is 10.0 Å². The molecule has 5 nitrogen and oxygen atoms in total. The normalized spacial score (nSPS) is 22.7. The molecule has 1 heterocycles. The predicted molar refractivity (Wildman–Crippen MR) is 74.6 cm³/mol. The zero-order valence-electron chi connectivity index (χ0n) is 10.6. The second-order valence-corrected chi connectivity index (χ2v) is 6.63. The van der Waals surface area contributed by atoms with Crippen molar-refractivity contribution in [3.05, 3.63) is 24.3 Å². The van der Waals surface area contributed by atoms with Crippen molar-refractivity contribution in [2.24, 2.45) is 10.1 Å². The van der Waals surface area contributed by atoms with Crippen LogP contribution in [0.25, 0.3) is 0 Å². The summed E-state index contributed by atoms with van der Waals surface area (Å²) in [5.74, 6) is 0.102. The van der Waals surface area contributed by atoms with Crippen molar-refractivity contribution in [1.82, 2.24) is 0 Å². The fourth-order valence-corrected chi connectivity index (χ4v) is 4.05. The molecule has 2 aliphatic rings. The maximum Gasteiger partial charge on any atom is 0.287 e. The molecule has 2 N–H and O–H groups in total. The van der Waals surface area contributed by atoms with Crippen LogP contribution in [0.4, 0.5) is 5.69 Å². The largest absolute Gasteiger partial charge is 0.369 e. The van der Waals surface area contributed by atoms with E-state index in [2.05, 4.69) is 4.40 Å². The van der Waals surface area contributed by atoms with E-state index >= 15 is 0 Å². The predicted octanol–water partition coefficient (Wildman–Crippen LogP) is 1.84. The fraction of sp³-hybridized carbons (Fsp3) is 0.462. The third kappa shape index (κ3) is 2.10. The molecule has 1 fully saturated rings. The monoisotopic (exact) mass is 279 g/mol. The van der Waals surface area contributed by atoms with Gasteiger partial charge in [-0.3, -0.25) is 0 Å². The average molecular weight is 279 g/mol. The van der Waals surface area contributed by atoms with Gasteiger partial charge in [0.05, 0.1) is 5.69 Å². The number of hydrogen-bond acceptors (Lipinski definition) is 4. The van der Waals surface area contributed by atoms with Gasteiger partial charge in [-0.1, -0.05) is 31.4 Å². The molecule has 0 radical (unpaired) electrons. The summed E-state index contributed by atoms with van der Waals surface area (Å²) in [7, 11) is -3.64. The summed E-state index contributed by atoms with van der Waals surface area (Å²) in [4.78, 5) is 2.16. The van der Waals surface area contributed by atoms with E-state index in [-0.39, 0.29) is 16.9 Å². The molecule has 1 aliphatic carbocycles. The molecule has 1 aromatic carbocycles. The van der Waals surface area contributed by atoms with Gasteiger partial charge in [0.15, 0.2) is 0 Å². The molecule has 0 unspecified atom stereocenters. The van der Waals surface area contributed by atoms with Gasteiger partial charge in [-0.25, -0.2) is 0 Å². The highest BCUT2D eigenvalue weighted by Crippen LogP contribution is 2.35. The van der Waals surface area contributed by atoms with E-state index in [1.807, 2.05) is 17.0 Å². The van der Waals surface area contributed by atoms with Gasteiger partial charge in [0, 0.05) is 6.04 Å². The van der Waals surface area contributed by atoms with E-state index in [1.54, 1.807) is 12.1 Å². The number of benzene rings is 1. The summed E-state index contributed by atoms with van der Waals surface area (Å²) >= 11 is 0. The third-order valence-corrected chi connectivity index (χ3v) is 5.13. The Hall–Kier alpha value is -1.56. The SMILES string of the molecule is NC1=NS(=O)(=O)c2ccccc2N1C1CCCCC1. The van der Waals surface area contributed by atoms with Crippen LogP contribution in [-0.2, 0) is 10.0 Å². The molecule has 1 saturated carbocycles. The smallest absolute Gasteiger partial charge is 0.287 e. The van der Waals surface area contributed by atoms with Crippen LogP contribution in [0.15, 0.2) is 33.6 Å². The highest BCUT2D eigenvalue weighted by molar-refractivity contribution is 7.90. The maximum absolute atomic E-state index is 12.0. The van der Waals surface area contributed by atoms with Gasteiger partial charge in [0.1, 0.15) is 4.90 Å². The molecule has 0 amide bonds. The van der Waals surface area contributed by atoms with Gasteiger partial charge in [0.25, 0.3) is 10.0 Å². The fourth-order valence-electron chi connectivity index (χ4n) is 2.94. The minimum atomic E-state index is -3.64. The van der Waals surface area contributed by atoms with Crippen molar-refractivity contribution in [2.45, 2.75) is 43.0 Å². The minimum Gasteiger partial charge on any atom is -0.369 e. The molecule has 0 saturated heterocycles. The van der Waals surface area contributed by atoms with Gasteiger partial charge < -0.3 is 10.6 Å². The second-order valence-electron chi connectivity index (χ2n) is 5.05. The van der Waals surface area contributed by atoms with Crippen molar-refractivity contribution >= 4 is 21.7 Å². The van der Waals surface area contributed by atoms with Gasteiger partial charge in [0.2, 0.25) is 5.96 Å². The van der Waals surface area contributed by atoms with E-state index in [4.69, 9.17) is 5.73 Å². The summed E-state index contributed by atoms with van der Waals surface area (Å²) in [5.41, 5.74) is 6.57. The summed E-state index contributed by atoms with van der Waals surface area (Å²) in [5, 5.41) is 0. The molecule has 1 aliphatic heterocycles. The van der Waals surface area contributed by atoms with Crippen LogP contribution in [-0.4, -0.2) is 20.4 Å². The number of guanidine groups is 1. The highest BCUT2D eigenvalue weighted by Gasteiger charge is 2.33. The van der Waals surface area contributed by atoms with Crippen LogP contribution in [0.1, 0.15) is 32.1 Å². The lowest BCUT2D eigenvalue weighted by molar-refractivity contribution is 0.438. The van der Waals surface area contributed by atoms with E-state index in [0.717, 1.165) is 25.7 Å². The highest BCUT2D eigenvalue weighted by atomic mass is 32.2. The van der Waals surface area contributed by atoms with Gasteiger partial charge in [-0.15, -0.1) is 4.40 Å². The molecule has 1 aromatic rings. The van der Waals surface area contributed by atoms with Gasteiger partial charge in [-0.2, -0.15) is 8.42 Å². The lowest BCUT2D eigenvalue weighted by Gasteiger charge is -2.37. The number of fused-ring (bicyclic) bond motifs is 1. The molecule has 3 rings (SSSR count). The van der Waals surface area contributed by atoms with Crippen LogP contribution in [0.5, 0.6) is 0 Å². The Morgan fingerprint density at radius 2 is 1.84 bits per heavy atom. The first kappa shape index (κ1) is 12.5. The van der Waals surface area contributed by atoms with Crippen LogP contribution < -0.4 is 10.6 Å².